The van der Waals surface area contributed by atoms with Crippen molar-refractivity contribution in [3.63, 3.8) is 0 Å². The van der Waals surface area contributed by atoms with Gasteiger partial charge in [-0.25, -0.2) is 8.42 Å². The fourth-order valence-corrected chi connectivity index (χ4v) is 5.74. The van der Waals surface area contributed by atoms with Gasteiger partial charge in [0.05, 0.1) is 24.2 Å². The summed E-state index contributed by atoms with van der Waals surface area (Å²) in [5, 5.41) is 0. The van der Waals surface area contributed by atoms with E-state index in [1.54, 1.807) is 36.4 Å². The highest BCUT2D eigenvalue weighted by Crippen LogP contribution is 2.24. The Morgan fingerprint density at radius 2 is 2.03 bits per heavy atom. The molecule has 8 nitrogen and oxygen atoms in total. The van der Waals surface area contributed by atoms with Crippen LogP contribution in [-0.4, -0.2) is 74.1 Å². The van der Waals surface area contributed by atoms with Crippen molar-refractivity contribution in [2.45, 2.75) is 37.3 Å². The van der Waals surface area contributed by atoms with Crippen molar-refractivity contribution in [1.82, 2.24) is 14.2 Å². The monoisotopic (exact) mass is 459 g/mol. The molecule has 0 bridgehead atoms. The van der Waals surface area contributed by atoms with E-state index in [-0.39, 0.29) is 16.9 Å². The first kappa shape index (κ1) is 22.8. The number of hydrogen-bond acceptors (Lipinski definition) is 6. The van der Waals surface area contributed by atoms with Gasteiger partial charge in [0.2, 0.25) is 10.0 Å². The number of amides is 1. The van der Waals surface area contributed by atoms with Crippen molar-refractivity contribution in [1.29, 1.82) is 0 Å². The van der Waals surface area contributed by atoms with E-state index in [1.165, 1.54) is 10.4 Å². The molecule has 1 unspecified atom stereocenters. The molecule has 1 atom stereocenters. The van der Waals surface area contributed by atoms with E-state index in [0.29, 0.717) is 57.1 Å². The van der Waals surface area contributed by atoms with Gasteiger partial charge < -0.3 is 14.4 Å². The van der Waals surface area contributed by atoms with Crippen molar-refractivity contribution in [3.05, 3.63) is 59.4 Å². The van der Waals surface area contributed by atoms with E-state index in [2.05, 4.69) is 4.98 Å². The predicted octanol–water partition coefficient (Wildman–Crippen LogP) is 2.23. The number of carbonyl (C=O) groups is 1. The first-order valence-electron chi connectivity index (χ1n) is 10.9. The standard InChI is InChI=1S/C23H29N3O5S/c1-18-6-7-20(14-22(18)32(28,29)26-9-12-30-13-10-26)23(27)25(17-21-5-3-11-31-21)16-19-4-2-8-24-15-19/h2,4,6-8,14-15,21H,3,5,9-13,16-17H2,1H3. The fourth-order valence-electron chi connectivity index (χ4n) is 4.09. The van der Waals surface area contributed by atoms with E-state index >= 15 is 0 Å². The Kier molecular flexibility index (Phi) is 7.20. The van der Waals surface area contributed by atoms with Crippen molar-refractivity contribution < 1.29 is 22.7 Å². The van der Waals surface area contributed by atoms with E-state index in [4.69, 9.17) is 9.47 Å². The number of aromatic nitrogens is 1. The summed E-state index contributed by atoms with van der Waals surface area (Å²) in [6, 6.07) is 8.67. The van der Waals surface area contributed by atoms with Crippen LogP contribution in [0.4, 0.5) is 0 Å². The Bertz CT molecular complexity index is 1030. The van der Waals surface area contributed by atoms with E-state index in [1.807, 2.05) is 12.1 Å². The molecule has 2 aliphatic rings. The maximum atomic E-state index is 13.5. The Balaban J connectivity index is 1.62. The highest BCUT2D eigenvalue weighted by atomic mass is 32.2. The van der Waals surface area contributed by atoms with Gasteiger partial charge >= 0.3 is 0 Å². The molecular formula is C23H29N3O5S. The Labute approximate surface area is 189 Å². The lowest BCUT2D eigenvalue weighted by molar-refractivity contribution is 0.0507. The summed E-state index contributed by atoms with van der Waals surface area (Å²) < 4.78 is 39.0. The van der Waals surface area contributed by atoms with Crippen LogP contribution in [-0.2, 0) is 26.0 Å². The molecule has 1 aromatic carbocycles. The number of aryl methyl sites for hydroxylation is 1. The van der Waals surface area contributed by atoms with Crippen LogP contribution in [0.2, 0.25) is 0 Å². The van der Waals surface area contributed by atoms with E-state index in [0.717, 1.165) is 18.4 Å². The minimum Gasteiger partial charge on any atom is -0.379 e. The second kappa shape index (κ2) is 10.1. The molecule has 3 heterocycles. The SMILES string of the molecule is Cc1ccc(C(=O)N(Cc2cccnc2)CC2CCCO2)cc1S(=O)(=O)N1CCOCC1. The fraction of sp³-hybridized carbons (Fsp3) is 0.478. The van der Waals surface area contributed by atoms with Crippen molar-refractivity contribution in [3.8, 4) is 0 Å². The van der Waals surface area contributed by atoms with Gasteiger partial charge in [-0.3, -0.25) is 9.78 Å². The number of carbonyl (C=O) groups excluding carboxylic acids is 1. The van der Waals surface area contributed by atoms with Crippen LogP contribution in [0, 0.1) is 6.92 Å². The highest BCUT2D eigenvalue weighted by Gasteiger charge is 2.30. The molecule has 2 aromatic rings. The third-order valence-electron chi connectivity index (χ3n) is 5.85. The minimum atomic E-state index is -3.71. The third kappa shape index (κ3) is 5.17. The van der Waals surface area contributed by atoms with Gasteiger partial charge in [0, 0.05) is 50.7 Å². The van der Waals surface area contributed by atoms with Crippen LogP contribution in [0.15, 0.2) is 47.6 Å². The van der Waals surface area contributed by atoms with Crippen LogP contribution in [0.1, 0.15) is 34.3 Å². The zero-order chi connectivity index (χ0) is 22.6. The van der Waals surface area contributed by atoms with E-state index in [9.17, 15) is 13.2 Å². The van der Waals surface area contributed by atoms with Crippen LogP contribution < -0.4 is 0 Å². The molecule has 0 N–H and O–H groups in total. The number of rotatable bonds is 7. The summed E-state index contributed by atoms with van der Waals surface area (Å²) in [6.07, 6.45) is 5.29. The summed E-state index contributed by atoms with van der Waals surface area (Å²) in [7, 11) is -3.71. The van der Waals surface area contributed by atoms with Crippen LogP contribution in [0.5, 0.6) is 0 Å². The minimum absolute atomic E-state index is 0.0161. The van der Waals surface area contributed by atoms with Crippen molar-refractivity contribution in [2.75, 3.05) is 39.5 Å². The lowest BCUT2D eigenvalue weighted by atomic mass is 10.1. The normalized spacial score (nSPS) is 19.7. The molecule has 2 aliphatic heterocycles. The van der Waals surface area contributed by atoms with Gasteiger partial charge in [-0.1, -0.05) is 12.1 Å². The topological polar surface area (TPSA) is 89.0 Å². The third-order valence-corrected chi connectivity index (χ3v) is 7.90. The van der Waals surface area contributed by atoms with Crippen LogP contribution in [0.3, 0.4) is 0 Å². The molecule has 1 amide bonds. The number of pyridine rings is 1. The predicted molar refractivity (Wildman–Crippen MR) is 119 cm³/mol. The van der Waals surface area contributed by atoms with Crippen molar-refractivity contribution >= 4 is 15.9 Å². The second-order valence-electron chi connectivity index (χ2n) is 8.18. The first-order chi connectivity index (χ1) is 15.4. The number of morpholine rings is 1. The van der Waals surface area contributed by atoms with Gasteiger partial charge in [-0.15, -0.1) is 0 Å². The second-order valence-corrected chi connectivity index (χ2v) is 10.1. The molecule has 2 fully saturated rings. The Morgan fingerprint density at radius 3 is 2.72 bits per heavy atom. The first-order valence-corrected chi connectivity index (χ1v) is 12.4. The maximum Gasteiger partial charge on any atom is 0.254 e. The largest absolute Gasteiger partial charge is 0.379 e. The smallest absolute Gasteiger partial charge is 0.254 e. The number of ether oxygens (including phenoxy) is 2. The number of benzene rings is 1. The lowest BCUT2D eigenvalue weighted by Gasteiger charge is -2.28. The molecule has 4 rings (SSSR count). The van der Waals surface area contributed by atoms with E-state index < -0.39 is 10.0 Å². The molecule has 2 saturated heterocycles. The molecular weight excluding hydrogens is 430 g/mol. The number of nitrogens with zero attached hydrogens (tertiary/aromatic N) is 3. The number of hydrogen-bond donors (Lipinski definition) is 0. The Hall–Kier alpha value is -2.33. The molecule has 0 radical (unpaired) electrons. The van der Waals surface area contributed by atoms with Gasteiger partial charge in [0.15, 0.2) is 0 Å². The molecule has 172 valence electrons. The quantitative estimate of drug-likeness (QED) is 0.631. The highest BCUT2D eigenvalue weighted by molar-refractivity contribution is 7.89. The zero-order valence-corrected chi connectivity index (χ0v) is 19.1. The summed E-state index contributed by atoms with van der Waals surface area (Å²) in [6.45, 7) is 4.65. The maximum absolute atomic E-state index is 13.5. The molecule has 32 heavy (non-hydrogen) atoms. The summed E-state index contributed by atoms with van der Waals surface area (Å²) in [5.41, 5.74) is 1.88. The van der Waals surface area contributed by atoms with Gasteiger partial charge in [-0.2, -0.15) is 4.31 Å². The molecule has 1 aromatic heterocycles. The van der Waals surface area contributed by atoms with Crippen LogP contribution in [0.25, 0.3) is 0 Å². The molecule has 0 spiro atoms. The summed E-state index contributed by atoms with van der Waals surface area (Å²) >= 11 is 0. The zero-order valence-electron chi connectivity index (χ0n) is 18.3. The van der Waals surface area contributed by atoms with Crippen molar-refractivity contribution in [2.24, 2.45) is 0 Å². The van der Waals surface area contributed by atoms with Gasteiger partial charge in [0.1, 0.15) is 0 Å². The van der Waals surface area contributed by atoms with Crippen LogP contribution >= 0.6 is 0 Å². The average molecular weight is 460 g/mol. The lowest BCUT2D eigenvalue weighted by Crippen LogP contribution is -2.41. The van der Waals surface area contributed by atoms with Gasteiger partial charge in [0.25, 0.3) is 5.91 Å². The molecule has 9 heteroatoms. The summed E-state index contributed by atoms with van der Waals surface area (Å²) in [4.78, 5) is 19.6. The van der Waals surface area contributed by atoms with Gasteiger partial charge in [-0.05, 0) is 49.1 Å². The molecule has 0 saturated carbocycles. The average Bonchev–Trinajstić information content (AvgIpc) is 3.33. The number of sulfonamides is 1. The molecule has 0 aliphatic carbocycles. The summed E-state index contributed by atoms with van der Waals surface area (Å²) in [5.74, 6) is -0.220. The Morgan fingerprint density at radius 1 is 1.22 bits per heavy atom.